The number of benzene rings is 2. The molecule has 0 amide bonds. The molecule has 2 aromatic heterocycles. The molecule has 140 valence electrons. The minimum Gasteiger partial charge on any atom is -0.265 e. The van der Waals surface area contributed by atoms with E-state index in [1.165, 1.54) is 17.7 Å². The first-order valence-corrected chi connectivity index (χ1v) is 10.2. The van der Waals surface area contributed by atoms with Crippen LogP contribution in [0.1, 0.15) is 19.4 Å². The first-order chi connectivity index (χ1) is 13.6. The van der Waals surface area contributed by atoms with Crippen molar-refractivity contribution >= 4 is 11.3 Å². The molecule has 0 aliphatic carbocycles. The van der Waals surface area contributed by atoms with Gasteiger partial charge in [-0.25, -0.2) is 9.37 Å². The van der Waals surface area contributed by atoms with Crippen molar-refractivity contribution in [2.24, 2.45) is 5.92 Å². The molecular weight excluding hydrogens is 367 g/mol. The van der Waals surface area contributed by atoms with Gasteiger partial charge in [0.25, 0.3) is 0 Å². The number of rotatable bonds is 5. The highest BCUT2D eigenvalue weighted by molar-refractivity contribution is 7.19. The molecule has 28 heavy (non-hydrogen) atoms. The molecule has 0 radical (unpaired) electrons. The number of halogens is 1. The third-order valence-electron chi connectivity index (χ3n) is 4.53. The molecular formula is C24H21FN2S. The van der Waals surface area contributed by atoms with Gasteiger partial charge in [0.05, 0.1) is 10.6 Å². The van der Waals surface area contributed by atoms with E-state index in [1.54, 1.807) is 23.7 Å². The zero-order valence-corrected chi connectivity index (χ0v) is 16.7. The van der Waals surface area contributed by atoms with Crippen molar-refractivity contribution in [2.45, 2.75) is 20.3 Å². The normalized spacial score (nSPS) is 11.1. The van der Waals surface area contributed by atoms with E-state index in [2.05, 4.69) is 43.1 Å². The Labute approximate surface area is 168 Å². The standard InChI is InChI=1S/C24H21FN2S/c1-16(2)15-17-3-5-20(6-4-17)24-27-22(18-11-13-26-14-12-18)23(28-24)19-7-9-21(25)10-8-19/h3-14,16H,15H2,1-2H3. The lowest BCUT2D eigenvalue weighted by molar-refractivity contribution is 0.628. The maximum atomic E-state index is 13.4. The molecule has 4 rings (SSSR count). The molecule has 0 fully saturated rings. The fourth-order valence-corrected chi connectivity index (χ4v) is 4.30. The Kier molecular flexibility index (Phi) is 5.31. The molecule has 0 bridgehead atoms. The summed E-state index contributed by atoms with van der Waals surface area (Å²) in [5.74, 6) is 0.397. The zero-order chi connectivity index (χ0) is 19.5. The van der Waals surface area contributed by atoms with E-state index in [0.29, 0.717) is 5.92 Å². The van der Waals surface area contributed by atoms with Crippen molar-refractivity contribution in [1.29, 1.82) is 0 Å². The van der Waals surface area contributed by atoms with Crippen LogP contribution in [0.2, 0.25) is 0 Å². The predicted octanol–water partition coefficient (Wildman–Crippen LogP) is 6.88. The topological polar surface area (TPSA) is 25.8 Å². The Morgan fingerprint density at radius 3 is 2.11 bits per heavy atom. The van der Waals surface area contributed by atoms with Gasteiger partial charge in [-0.15, -0.1) is 11.3 Å². The SMILES string of the molecule is CC(C)Cc1ccc(-c2nc(-c3ccncc3)c(-c3ccc(F)cc3)s2)cc1. The van der Waals surface area contributed by atoms with Crippen LogP contribution in [0.4, 0.5) is 4.39 Å². The van der Waals surface area contributed by atoms with Crippen LogP contribution in [0, 0.1) is 11.7 Å². The summed E-state index contributed by atoms with van der Waals surface area (Å²) >= 11 is 1.63. The molecule has 2 aromatic carbocycles. The monoisotopic (exact) mass is 388 g/mol. The van der Waals surface area contributed by atoms with Crippen molar-refractivity contribution in [3.8, 4) is 32.3 Å². The van der Waals surface area contributed by atoms with Crippen LogP contribution in [0.25, 0.3) is 32.3 Å². The molecule has 0 saturated heterocycles. The number of pyridine rings is 1. The van der Waals surface area contributed by atoms with Gasteiger partial charge in [0, 0.05) is 23.5 Å². The van der Waals surface area contributed by atoms with Gasteiger partial charge < -0.3 is 0 Å². The Morgan fingerprint density at radius 2 is 1.46 bits per heavy atom. The molecule has 4 aromatic rings. The molecule has 2 nitrogen and oxygen atoms in total. The van der Waals surface area contributed by atoms with Gasteiger partial charge >= 0.3 is 0 Å². The number of nitrogens with zero attached hydrogens (tertiary/aromatic N) is 2. The fourth-order valence-electron chi connectivity index (χ4n) is 3.20. The van der Waals surface area contributed by atoms with Crippen molar-refractivity contribution in [3.05, 3.63) is 84.4 Å². The van der Waals surface area contributed by atoms with Crippen LogP contribution in [0.15, 0.2) is 73.1 Å². The van der Waals surface area contributed by atoms with E-state index in [4.69, 9.17) is 4.98 Å². The summed E-state index contributed by atoms with van der Waals surface area (Å²) in [6.07, 6.45) is 4.61. The van der Waals surface area contributed by atoms with Crippen LogP contribution in [0.5, 0.6) is 0 Å². The van der Waals surface area contributed by atoms with E-state index in [9.17, 15) is 4.39 Å². The molecule has 2 heterocycles. The van der Waals surface area contributed by atoms with E-state index < -0.39 is 0 Å². The van der Waals surface area contributed by atoms with Gasteiger partial charge in [0.15, 0.2) is 0 Å². The van der Waals surface area contributed by atoms with Crippen LogP contribution in [-0.2, 0) is 6.42 Å². The summed E-state index contributed by atoms with van der Waals surface area (Å²) in [6.45, 7) is 4.45. The van der Waals surface area contributed by atoms with Crippen molar-refractivity contribution in [1.82, 2.24) is 9.97 Å². The molecule has 0 aliphatic heterocycles. The maximum Gasteiger partial charge on any atom is 0.124 e. The smallest absolute Gasteiger partial charge is 0.124 e. The average molecular weight is 389 g/mol. The Bertz CT molecular complexity index is 1050. The summed E-state index contributed by atoms with van der Waals surface area (Å²) in [5.41, 5.74) is 5.31. The number of aromatic nitrogens is 2. The molecule has 0 atom stereocenters. The van der Waals surface area contributed by atoms with Crippen molar-refractivity contribution in [2.75, 3.05) is 0 Å². The van der Waals surface area contributed by atoms with Gasteiger partial charge in [0.2, 0.25) is 0 Å². The second-order valence-corrected chi connectivity index (χ2v) is 8.23. The highest BCUT2D eigenvalue weighted by Gasteiger charge is 2.16. The average Bonchev–Trinajstić information content (AvgIpc) is 3.15. The number of hydrogen-bond donors (Lipinski definition) is 0. The van der Waals surface area contributed by atoms with Gasteiger partial charge in [-0.2, -0.15) is 0 Å². The number of thiazole rings is 1. The summed E-state index contributed by atoms with van der Waals surface area (Å²) in [5, 5.41) is 0.960. The summed E-state index contributed by atoms with van der Waals surface area (Å²) in [6, 6.07) is 19.2. The minimum atomic E-state index is -0.236. The molecule has 4 heteroatoms. The lowest BCUT2D eigenvalue weighted by Crippen LogP contribution is -1.93. The highest BCUT2D eigenvalue weighted by Crippen LogP contribution is 2.40. The third-order valence-corrected chi connectivity index (χ3v) is 5.69. The highest BCUT2D eigenvalue weighted by atomic mass is 32.1. The quantitative estimate of drug-likeness (QED) is 0.372. The fraction of sp³-hybridized carbons (Fsp3) is 0.167. The Hall–Kier alpha value is -2.85. The largest absolute Gasteiger partial charge is 0.265 e. The molecule has 0 unspecified atom stereocenters. The van der Waals surface area contributed by atoms with Gasteiger partial charge in [-0.1, -0.05) is 50.2 Å². The van der Waals surface area contributed by atoms with Crippen LogP contribution >= 0.6 is 11.3 Å². The first kappa shape index (κ1) is 18.5. The minimum absolute atomic E-state index is 0.236. The van der Waals surface area contributed by atoms with E-state index in [-0.39, 0.29) is 5.82 Å². The zero-order valence-electron chi connectivity index (χ0n) is 15.9. The summed E-state index contributed by atoms with van der Waals surface area (Å²) in [7, 11) is 0. The first-order valence-electron chi connectivity index (χ1n) is 9.36. The van der Waals surface area contributed by atoms with Crippen molar-refractivity contribution in [3.63, 3.8) is 0 Å². The molecule has 0 spiro atoms. The lowest BCUT2D eigenvalue weighted by Gasteiger charge is -2.05. The Balaban J connectivity index is 1.78. The van der Waals surface area contributed by atoms with Crippen LogP contribution in [-0.4, -0.2) is 9.97 Å². The van der Waals surface area contributed by atoms with E-state index >= 15 is 0 Å². The van der Waals surface area contributed by atoms with Gasteiger partial charge in [0.1, 0.15) is 10.8 Å². The second-order valence-electron chi connectivity index (χ2n) is 7.23. The Morgan fingerprint density at radius 1 is 0.821 bits per heavy atom. The van der Waals surface area contributed by atoms with Gasteiger partial charge in [-0.3, -0.25) is 4.98 Å². The predicted molar refractivity (Wildman–Crippen MR) is 115 cm³/mol. The summed E-state index contributed by atoms with van der Waals surface area (Å²) in [4.78, 5) is 10.1. The van der Waals surface area contributed by atoms with E-state index in [1.807, 2.05) is 24.3 Å². The maximum absolute atomic E-state index is 13.4. The molecule has 0 aliphatic rings. The third kappa shape index (κ3) is 4.02. The van der Waals surface area contributed by atoms with Gasteiger partial charge in [-0.05, 0) is 47.7 Å². The summed E-state index contributed by atoms with van der Waals surface area (Å²) < 4.78 is 13.4. The van der Waals surface area contributed by atoms with Crippen molar-refractivity contribution < 1.29 is 4.39 Å². The van der Waals surface area contributed by atoms with E-state index in [0.717, 1.165) is 38.7 Å². The van der Waals surface area contributed by atoms with Crippen LogP contribution in [0.3, 0.4) is 0 Å². The molecule has 0 N–H and O–H groups in total. The molecule has 0 saturated carbocycles. The lowest BCUT2D eigenvalue weighted by atomic mass is 10.0. The number of hydrogen-bond acceptors (Lipinski definition) is 3. The van der Waals surface area contributed by atoms with Crippen LogP contribution < -0.4 is 0 Å². The second kappa shape index (κ2) is 8.03.